The number of amides is 2. The Bertz CT molecular complexity index is 1420. The second kappa shape index (κ2) is 16.5. The maximum absolute atomic E-state index is 13.8. The summed E-state index contributed by atoms with van der Waals surface area (Å²) < 4.78 is 11.0. The molecule has 0 aliphatic carbocycles. The van der Waals surface area contributed by atoms with Crippen LogP contribution in [0.1, 0.15) is 83.5 Å². The van der Waals surface area contributed by atoms with E-state index in [4.69, 9.17) is 9.47 Å². The van der Waals surface area contributed by atoms with Crippen molar-refractivity contribution >= 4 is 17.8 Å². The number of ether oxygens (including phenoxy) is 2. The van der Waals surface area contributed by atoms with E-state index in [0.29, 0.717) is 12.8 Å². The lowest BCUT2D eigenvalue weighted by atomic mass is 9.85. The van der Waals surface area contributed by atoms with Crippen LogP contribution in [0.4, 0.5) is 0 Å². The quantitative estimate of drug-likeness (QED) is 0.182. The van der Waals surface area contributed by atoms with Crippen molar-refractivity contribution in [2.24, 2.45) is 11.3 Å². The lowest BCUT2D eigenvalue weighted by Crippen LogP contribution is -2.55. The molecule has 0 bridgehead atoms. The molecule has 0 aromatic heterocycles. The van der Waals surface area contributed by atoms with Crippen LogP contribution in [0.2, 0.25) is 0 Å². The third-order valence-electron chi connectivity index (χ3n) is 7.79. The van der Waals surface area contributed by atoms with Crippen LogP contribution in [-0.4, -0.2) is 43.1 Å². The highest BCUT2D eigenvalue weighted by molar-refractivity contribution is 5.90. The van der Waals surface area contributed by atoms with Crippen molar-refractivity contribution in [2.45, 2.75) is 91.8 Å². The minimum atomic E-state index is -0.835. The number of rotatable bonds is 14. The molecule has 2 N–H and O–H groups in total. The summed E-state index contributed by atoms with van der Waals surface area (Å²) in [5.41, 5.74) is 4.35. The van der Waals surface area contributed by atoms with E-state index in [1.807, 2.05) is 71.9 Å². The fourth-order valence-corrected chi connectivity index (χ4v) is 5.42. The van der Waals surface area contributed by atoms with Crippen molar-refractivity contribution in [3.8, 4) is 11.1 Å². The van der Waals surface area contributed by atoms with Gasteiger partial charge in [0.1, 0.15) is 11.6 Å². The maximum atomic E-state index is 13.8. The molecule has 248 valence electrons. The summed E-state index contributed by atoms with van der Waals surface area (Å²) in [4.78, 5) is 40.4. The number of esters is 1. The number of benzene rings is 3. The van der Waals surface area contributed by atoms with Crippen molar-refractivity contribution in [2.75, 3.05) is 13.7 Å². The second-order valence-corrected chi connectivity index (χ2v) is 14.2. The van der Waals surface area contributed by atoms with Gasteiger partial charge < -0.3 is 20.1 Å². The topological polar surface area (TPSA) is 93.7 Å². The molecular formula is C39H52N2O5. The first kappa shape index (κ1) is 36.5. The van der Waals surface area contributed by atoms with Crippen LogP contribution in [-0.2, 0) is 30.3 Å². The second-order valence-electron chi connectivity index (χ2n) is 14.2. The lowest BCUT2D eigenvalue weighted by molar-refractivity contribution is -0.157. The summed E-state index contributed by atoms with van der Waals surface area (Å²) in [5, 5.41) is 6.07. The van der Waals surface area contributed by atoms with E-state index >= 15 is 0 Å². The smallest absolute Gasteiger partial charge is 0.307 e. The number of carbonyl (C=O) groups is 3. The predicted molar refractivity (Wildman–Crippen MR) is 184 cm³/mol. The maximum Gasteiger partial charge on any atom is 0.307 e. The highest BCUT2D eigenvalue weighted by Crippen LogP contribution is 2.25. The van der Waals surface area contributed by atoms with E-state index < -0.39 is 28.9 Å². The minimum Gasteiger partial charge on any atom is -0.460 e. The van der Waals surface area contributed by atoms with E-state index in [2.05, 4.69) is 66.1 Å². The average molecular weight is 629 g/mol. The molecule has 0 spiro atoms. The molecule has 2 amide bonds. The molecule has 0 saturated heterocycles. The minimum absolute atomic E-state index is 0.0653. The van der Waals surface area contributed by atoms with Crippen LogP contribution in [0.3, 0.4) is 0 Å². The Morgan fingerprint density at radius 1 is 0.783 bits per heavy atom. The molecular weight excluding hydrogens is 576 g/mol. The van der Waals surface area contributed by atoms with Crippen LogP contribution in [0.5, 0.6) is 0 Å². The van der Waals surface area contributed by atoms with E-state index in [-0.39, 0.29) is 30.9 Å². The molecule has 3 aromatic rings. The predicted octanol–water partition coefficient (Wildman–Crippen LogP) is 7.37. The highest BCUT2D eigenvalue weighted by atomic mass is 16.6. The number of hydrogen-bond donors (Lipinski definition) is 2. The molecule has 7 nitrogen and oxygen atoms in total. The molecule has 7 heteroatoms. The van der Waals surface area contributed by atoms with Gasteiger partial charge in [-0.25, -0.2) is 0 Å². The zero-order valence-electron chi connectivity index (χ0n) is 28.8. The van der Waals surface area contributed by atoms with Crippen LogP contribution in [0.25, 0.3) is 11.1 Å². The van der Waals surface area contributed by atoms with Gasteiger partial charge in [0.15, 0.2) is 0 Å². The van der Waals surface area contributed by atoms with Crippen LogP contribution < -0.4 is 10.6 Å². The SMILES string of the molecule is COC[C@@H](NC(=O)[C@@H](NC(=O)[C@H](CCCc1ccc(-c2cccc(C)c2)cc1)CC(=O)OC(C)(C)C)C(C)(C)C)c1ccccc1. The van der Waals surface area contributed by atoms with E-state index in [1.165, 1.54) is 11.1 Å². The van der Waals surface area contributed by atoms with Crippen LogP contribution in [0, 0.1) is 18.3 Å². The Morgan fingerprint density at radius 2 is 1.46 bits per heavy atom. The molecule has 46 heavy (non-hydrogen) atoms. The van der Waals surface area contributed by atoms with Gasteiger partial charge in [0, 0.05) is 13.0 Å². The molecule has 0 aliphatic rings. The first-order valence-corrected chi connectivity index (χ1v) is 16.2. The summed E-state index contributed by atoms with van der Waals surface area (Å²) in [5.74, 6) is -1.73. The third kappa shape index (κ3) is 11.8. The molecule has 0 heterocycles. The standard InChI is InChI=1S/C39H52N2O5/c1-27-14-12-18-31(24-27)29-22-20-28(21-23-29)15-13-19-32(25-34(42)46-39(5,6)7)36(43)41-35(38(2,3)4)37(44)40-33(26-45-8)30-16-10-9-11-17-30/h9-12,14,16-18,20-24,32-33,35H,13,15,19,25-26H2,1-8H3,(H,40,44)(H,41,43)/t32-,33-,35-/m1/s1. The Labute approximate surface area is 275 Å². The monoisotopic (exact) mass is 628 g/mol. The van der Waals surface area contributed by atoms with Crippen molar-refractivity contribution < 1.29 is 23.9 Å². The van der Waals surface area contributed by atoms with Gasteiger partial charge >= 0.3 is 5.97 Å². The number of carbonyl (C=O) groups excluding carboxylic acids is 3. The average Bonchev–Trinajstić information content (AvgIpc) is 2.98. The van der Waals surface area contributed by atoms with Gasteiger partial charge in [-0.3, -0.25) is 14.4 Å². The van der Waals surface area contributed by atoms with Crippen molar-refractivity contribution in [1.29, 1.82) is 0 Å². The molecule has 3 rings (SSSR count). The molecule has 3 aromatic carbocycles. The van der Waals surface area contributed by atoms with Gasteiger partial charge in [-0.15, -0.1) is 0 Å². The first-order valence-electron chi connectivity index (χ1n) is 16.2. The van der Waals surface area contributed by atoms with Crippen molar-refractivity contribution in [3.63, 3.8) is 0 Å². The number of hydrogen-bond acceptors (Lipinski definition) is 5. The van der Waals surface area contributed by atoms with Crippen LogP contribution in [0.15, 0.2) is 78.9 Å². The molecule has 0 unspecified atom stereocenters. The first-order chi connectivity index (χ1) is 21.7. The Morgan fingerprint density at radius 3 is 2.04 bits per heavy atom. The fourth-order valence-electron chi connectivity index (χ4n) is 5.42. The number of aryl methyl sites for hydroxylation is 2. The Hall–Kier alpha value is -3.97. The summed E-state index contributed by atoms with van der Waals surface area (Å²) >= 11 is 0. The molecule has 0 fully saturated rings. The Balaban J connectivity index is 1.73. The zero-order valence-corrected chi connectivity index (χ0v) is 28.8. The Kier molecular flexibility index (Phi) is 13.1. The molecule has 3 atom stereocenters. The van der Waals surface area contributed by atoms with Crippen molar-refractivity contribution in [1.82, 2.24) is 10.6 Å². The summed E-state index contributed by atoms with van der Waals surface area (Å²) in [6.45, 7) is 13.5. The summed E-state index contributed by atoms with van der Waals surface area (Å²) in [6.07, 6.45) is 1.86. The van der Waals surface area contributed by atoms with Gasteiger partial charge in [-0.05, 0) is 74.6 Å². The van der Waals surface area contributed by atoms with E-state index in [9.17, 15) is 14.4 Å². The summed E-state index contributed by atoms with van der Waals surface area (Å²) in [7, 11) is 1.59. The van der Waals surface area contributed by atoms with Crippen LogP contribution >= 0.6 is 0 Å². The largest absolute Gasteiger partial charge is 0.460 e. The third-order valence-corrected chi connectivity index (χ3v) is 7.79. The summed E-state index contributed by atoms with van der Waals surface area (Å²) in [6, 6.07) is 25.3. The lowest BCUT2D eigenvalue weighted by Gasteiger charge is -2.33. The highest BCUT2D eigenvalue weighted by Gasteiger charge is 2.36. The fraction of sp³-hybridized carbons (Fsp3) is 0.462. The van der Waals surface area contributed by atoms with Gasteiger partial charge in [0.2, 0.25) is 11.8 Å². The van der Waals surface area contributed by atoms with Crippen molar-refractivity contribution in [3.05, 3.63) is 95.6 Å². The molecule has 0 radical (unpaired) electrons. The van der Waals surface area contributed by atoms with Gasteiger partial charge in [-0.1, -0.05) is 105 Å². The number of methoxy groups -OCH3 is 1. The molecule has 0 saturated carbocycles. The molecule has 0 aliphatic heterocycles. The van der Waals surface area contributed by atoms with Gasteiger partial charge in [0.05, 0.1) is 19.1 Å². The van der Waals surface area contributed by atoms with E-state index in [1.54, 1.807) is 7.11 Å². The zero-order chi connectivity index (χ0) is 33.9. The van der Waals surface area contributed by atoms with Gasteiger partial charge in [0.25, 0.3) is 0 Å². The van der Waals surface area contributed by atoms with Gasteiger partial charge in [-0.2, -0.15) is 0 Å². The number of nitrogens with one attached hydrogen (secondary N) is 2. The normalized spacial score (nSPS) is 13.7. The van der Waals surface area contributed by atoms with E-state index in [0.717, 1.165) is 23.1 Å².